The summed E-state index contributed by atoms with van der Waals surface area (Å²) < 4.78 is 0. The van der Waals surface area contributed by atoms with Gasteiger partial charge < -0.3 is 4.90 Å². The third-order valence-corrected chi connectivity index (χ3v) is 6.48. The minimum atomic E-state index is 0.686. The van der Waals surface area contributed by atoms with Crippen LogP contribution in [0.15, 0.2) is 0 Å². The Hall–Kier alpha value is -0.360. The lowest BCUT2D eigenvalue weighted by atomic mass is 10.2. The number of hydrogen-bond donors (Lipinski definition) is 0. The highest BCUT2D eigenvalue weighted by molar-refractivity contribution is 7.16. The van der Waals surface area contributed by atoms with Crippen LogP contribution in [-0.2, 0) is 6.54 Å². The first-order chi connectivity index (χ1) is 10.6. The molecule has 4 nitrogen and oxygen atoms in total. The van der Waals surface area contributed by atoms with Crippen LogP contribution < -0.4 is 4.90 Å². The average molecular weight is 343 g/mol. The van der Waals surface area contributed by atoms with Crippen molar-refractivity contribution in [2.75, 3.05) is 45.2 Å². The first kappa shape index (κ1) is 16.5. The molecule has 2 fully saturated rings. The second-order valence-electron chi connectivity index (χ2n) is 6.71. The van der Waals surface area contributed by atoms with Gasteiger partial charge in [0.25, 0.3) is 0 Å². The van der Waals surface area contributed by atoms with Crippen molar-refractivity contribution in [3.8, 4) is 0 Å². The molecule has 0 N–H and O–H groups in total. The van der Waals surface area contributed by atoms with Gasteiger partial charge >= 0.3 is 0 Å². The van der Waals surface area contributed by atoms with Crippen LogP contribution in [0.25, 0.3) is 0 Å². The van der Waals surface area contributed by atoms with Crippen molar-refractivity contribution in [3.05, 3.63) is 10.0 Å². The summed E-state index contributed by atoms with van der Waals surface area (Å²) in [5.74, 6) is 0. The number of nitrogens with zero attached hydrogens (tertiary/aromatic N) is 4. The Balaban J connectivity index is 1.57. The zero-order valence-corrected chi connectivity index (χ0v) is 15.3. The molecule has 1 aromatic rings. The van der Waals surface area contributed by atoms with E-state index in [0.29, 0.717) is 5.15 Å². The molecule has 6 heteroatoms. The fraction of sp³-hybridized carbons (Fsp3) is 0.812. The standard InChI is InChI=1S/C16H27ClN4S/c1-19(2)16-18-15(17)14(22-16)12-20-8-5-9-21(11-10-20)13-6-3-4-7-13/h13H,3-12H2,1-2H3. The minimum Gasteiger partial charge on any atom is -0.354 e. The molecule has 2 aliphatic rings. The van der Waals surface area contributed by atoms with Crippen LogP contribution in [0.4, 0.5) is 5.13 Å². The van der Waals surface area contributed by atoms with E-state index < -0.39 is 0 Å². The summed E-state index contributed by atoms with van der Waals surface area (Å²) >= 11 is 8.04. The summed E-state index contributed by atoms with van der Waals surface area (Å²) in [7, 11) is 4.04. The van der Waals surface area contributed by atoms with Crippen molar-refractivity contribution in [3.63, 3.8) is 0 Å². The molecule has 0 radical (unpaired) electrons. The predicted molar refractivity (Wildman–Crippen MR) is 95.2 cm³/mol. The summed E-state index contributed by atoms with van der Waals surface area (Å²) in [6, 6.07) is 0.854. The molecule has 1 aliphatic carbocycles. The van der Waals surface area contributed by atoms with Crippen molar-refractivity contribution in [1.82, 2.24) is 14.8 Å². The largest absolute Gasteiger partial charge is 0.354 e. The smallest absolute Gasteiger partial charge is 0.186 e. The van der Waals surface area contributed by atoms with E-state index in [-0.39, 0.29) is 0 Å². The van der Waals surface area contributed by atoms with E-state index in [2.05, 4.69) is 14.8 Å². The topological polar surface area (TPSA) is 22.6 Å². The van der Waals surface area contributed by atoms with E-state index in [9.17, 15) is 0 Å². The van der Waals surface area contributed by atoms with E-state index in [1.807, 2.05) is 19.0 Å². The van der Waals surface area contributed by atoms with E-state index in [1.165, 1.54) is 56.6 Å². The van der Waals surface area contributed by atoms with E-state index in [4.69, 9.17) is 11.6 Å². The second kappa shape index (κ2) is 7.47. The first-order valence-corrected chi connectivity index (χ1v) is 9.62. The minimum absolute atomic E-state index is 0.686. The molecule has 1 saturated carbocycles. The maximum Gasteiger partial charge on any atom is 0.186 e. The van der Waals surface area contributed by atoms with Gasteiger partial charge in [-0.2, -0.15) is 0 Å². The highest BCUT2D eigenvalue weighted by atomic mass is 35.5. The summed E-state index contributed by atoms with van der Waals surface area (Å²) in [5, 5.41) is 1.69. The summed E-state index contributed by atoms with van der Waals surface area (Å²) in [4.78, 5) is 13.0. The molecular formula is C16H27ClN4S. The van der Waals surface area contributed by atoms with Crippen LogP contribution in [0.2, 0.25) is 5.15 Å². The van der Waals surface area contributed by atoms with Crippen LogP contribution in [0.3, 0.4) is 0 Å². The molecule has 0 bridgehead atoms. The van der Waals surface area contributed by atoms with Gasteiger partial charge in [0.15, 0.2) is 5.13 Å². The fourth-order valence-electron chi connectivity index (χ4n) is 3.60. The molecule has 0 unspecified atom stereocenters. The molecule has 0 amide bonds. The first-order valence-electron chi connectivity index (χ1n) is 8.42. The van der Waals surface area contributed by atoms with Gasteiger partial charge in [-0.1, -0.05) is 35.8 Å². The van der Waals surface area contributed by atoms with Crippen molar-refractivity contribution < 1.29 is 0 Å². The van der Waals surface area contributed by atoms with Crippen molar-refractivity contribution in [2.45, 2.75) is 44.7 Å². The van der Waals surface area contributed by atoms with Crippen LogP contribution in [-0.4, -0.2) is 61.1 Å². The van der Waals surface area contributed by atoms with Crippen LogP contribution in [0.1, 0.15) is 37.0 Å². The number of hydrogen-bond acceptors (Lipinski definition) is 5. The molecule has 0 aromatic carbocycles. The lowest BCUT2D eigenvalue weighted by Gasteiger charge is -2.27. The van der Waals surface area contributed by atoms with Gasteiger partial charge in [0.1, 0.15) is 5.15 Å². The zero-order chi connectivity index (χ0) is 15.5. The van der Waals surface area contributed by atoms with Gasteiger partial charge in [0, 0.05) is 39.8 Å². The predicted octanol–water partition coefficient (Wildman–Crippen LogP) is 3.31. The van der Waals surface area contributed by atoms with Gasteiger partial charge in [0.05, 0.1) is 4.88 Å². The van der Waals surface area contributed by atoms with Crippen molar-refractivity contribution >= 4 is 28.1 Å². The van der Waals surface area contributed by atoms with Crippen molar-refractivity contribution in [2.24, 2.45) is 0 Å². The maximum absolute atomic E-state index is 6.32. The molecule has 1 aliphatic heterocycles. The molecule has 22 heavy (non-hydrogen) atoms. The number of thiazole rings is 1. The molecule has 0 atom stereocenters. The van der Waals surface area contributed by atoms with Crippen LogP contribution in [0.5, 0.6) is 0 Å². The van der Waals surface area contributed by atoms with E-state index in [0.717, 1.165) is 24.3 Å². The number of halogens is 1. The molecule has 124 valence electrons. The molecular weight excluding hydrogens is 316 g/mol. The van der Waals surface area contributed by atoms with E-state index in [1.54, 1.807) is 11.3 Å². The monoisotopic (exact) mass is 342 g/mol. The maximum atomic E-state index is 6.32. The van der Waals surface area contributed by atoms with Crippen molar-refractivity contribution in [1.29, 1.82) is 0 Å². The van der Waals surface area contributed by atoms with Gasteiger partial charge in [-0.05, 0) is 32.4 Å². The van der Waals surface area contributed by atoms with Gasteiger partial charge in [-0.3, -0.25) is 9.80 Å². The van der Waals surface area contributed by atoms with Gasteiger partial charge in [-0.15, -0.1) is 0 Å². The van der Waals surface area contributed by atoms with Gasteiger partial charge in [0.2, 0.25) is 0 Å². The highest BCUT2D eigenvalue weighted by Crippen LogP contribution is 2.30. The SMILES string of the molecule is CN(C)c1nc(Cl)c(CN2CCCN(C3CCCC3)CC2)s1. The Labute approximate surface area is 143 Å². The Bertz CT molecular complexity index is 484. The Morgan fingerprint density at radius 1 is 1.14 bits per heavy atom. The summed E-state index contributed by atoms with van der Waals surface area (Å²) in [6.45, 7) is 5.75. The van der Waals surface area contributed by atoms with E-state index >= 15 is 0 Å². The lowest BCUT2D eigenvalue weighted by Crippen LogP contribution is -2.36. The highest BCUT2D eigenvalue weighted by Gasteiger charge is 2.25. The lowest BCUT2D eigenvalue weighted by molar-refractivity contribution is 0.198. The Morgan fingerprint density at radius 2 is 1.91 bits per heavy atom. The molecule has 1 saturated heterocycles. The Morgan fingerprint density at radius 3 is 2.59 bits per heavy atom. The van der Waals surface area contributed by atoms with Gasteiger partial charge in [-0.25, -0.2) is 4.98 Å². The number of aromatic nitrogens is 1. The third kappa shape index (κ3) is 3.94. The zero-order valence-electron chi connectivity index (χ0n) is 13.7. The number of rotatable bonds is 4. The number of anilines is 1. The normalized spacial score (nSPS) is 22.1. The summed E-state index contributed by atoms with van der Waals surface area (Å²) in [5.41, 5.74) is 0. The average Bonchev–Trinajstić information content (AvgIpc) is 3.07. The summed E-state index contributed by atoms with van der Waals surface area (Å²) in [6.07, 6.45) is 6.94. The van der Waals surface area contributed by atoms with Crippen LogP contribution >= 0.6 is 22.9 Å². The molecule has 1 aromatic heterocycles. The quantitative estimate of drug-likeness (QED) is 0.837. The fourth-order valence-corrected chi connectivity index (χ4v) is 4.82. The molecule has 0 spiro atoms. The third-order valence-electron chi connectivity index (χ3n) is 4.85. The molecule has 2 heterocycles. The molecule has 3 rings (SSSR count). The Kier molecular flexibility index (Phi) is 5.60. The van der Waals surface area contributed by atoms with Crippen LogP contribution in [0, 0.1) is 0 Å². The second-order valence-corrected chi connectivity index (χ2v) is 8.13.